The molecule has 0 aliphatic heterocycles. The number of halogens is 1. The Hall–Kier alpha value is -1.51. The summed E-state index contributed by atoms with van der Waals surface area (Å²) in [4.78, 5) is 11.4. The lowest BCUT2D eigenvalue weighted by atomic mass is 10.2. The molecule has 0 fully saturated rings. The van der Waals surface area contributed by atoms with Crippen LogP contribution in [0.15, 0.2) is 22.7 Å². The van der Waals surface area contributed by atoms with Gasteiger partial charge in [-0.1, -0.05) is 21.9 Å². The summed E-state index contributed by atoms with van der Waals surface area (Å²) < 4.78 is 6.41. The zero-order valence-electron chi connectivity index (χ0n) is 11.0. The molecular formula is C14H17BrN2O2. The maximum absolute atomic E-state index is 11.4. The summed E-state index contributed by atoms with van der Waals surface area (Å²) in [6.07, 6.45) is 5.18. The van der Waals surface area contributed by atoms with E-state index < -0.39 is 0 Å². The van der Waals surface area contributed by atoms with Gasteiger partial charge in [0, 0.05) is 23.6 Å². The third kappa shape index (κ3) is 4.93. The van der Waals surface area contributed by atoms with E-state index in [4.69, 9.17) is 11.2 Å². The minimum atomic E-state index is -0.274. The van der Waals surface area contributed by atoms with Gasteiger partial charge in [0.2, 0.25) is 5.91 Å². The van der Waals surface area contributed by atoms with Gasteiger partial charge < -0.3 is 15.4 Å². The van der Waals surface area contributed by atoms with Gasteiger partial charge in [-0.25, -0.2) is 0 Å². The number of carbonyl (C=O) groups is 1. The predicted octanol–water partition coefficient (Wildman–Crippen LogP) is 1.69. The molecule has 2 N–H and O–H groups in total. The van der Waals surface area contributed by atoms with Crippen LogP contribution < -0.4 is 15.4 Å². The highest BCUT2D eigenvalue weighted by Crippen LogP contribution is 2.23. The minimum Gasteiger partial charge on any atom is -0.481 e. The molecule has 4 nitrogen and oxygen atoms in total. The Labute approximate surface area is 122 Å². The van der Waals surface area contributed by atoms with Crippen molar-refractivity contribution >= 4 is 21.8 Å². The molecule has 1 aromatic rings. The summed E-state index contributed by atoms with van der Waals surface area (Å²) in [6, 6.07) is 5.40. The Morgan fingerprint density at radius 3 is 2.95 bits per heavy atom. The molecule has 0 aliphatic carbocycles. The van der Waals surface area contributed by atoms with Crippen molar-refractivity contribution in [2.24, 2.45) is 0 Å². The van der Waals surface area contributed by atoms with Crippen LogP contribution in [0.25, 0.3) is 0 Å². The summed E-state index contributed by atoms with van der Waals surface area (Å²) in [5, 5.41) is 5.72. The van der Waals surface area contributed by atoms with Gasteiger partial charge in [0.15, 0.2) is 0 Å². The quantitative estimate of drug-likeness (QED) is 0.783. The maximum atomic E-state index is 11.4. The smallest absolute Gasteiger partial charge is 0.236 e. The van der Waals surface area contributed by atoms with Gasteiger partial charge in [0.05, 0.1) is 6.04 Å². The predicted molar refractivity (Wildman–Crippen MR) is 78.8 cm³/mol. The monoisotopic (exact) mass is 324 g/mol. The van der Waals surface area contributed by atoms with Gasteiger partial charge >= 0.3 is 0 Å². The molecule has 0 saturated carbocycles. The van der Waals surface area contributed by atoms with Crippen molar-refractivity contribution < 1.29 is 9.53 Å². The minimum absolute atomic E-state index is 0.0545. The van der Waals surface area contributed by atoms with Gasteiger partial charge in [-0.3, -0.25) is 4.79 Å². The molecule has 0 saturated heterocycles. The fraction of sp³-hybridized carbons (Fsp3) is 0.357. The fourth-order valence-corrected chi connectivity index (χ4v) is 1.93. The molecule has 19 heavy (non-hydrogen) atoms. The maximum Gasteiger partial charge on any atom is 0.236 e. The first-order valence-corrected chi connectivity index (χ1v) is 6.67. The van der Waals surface area contributed by atoms with Crippen molar-refractivity contribution in [1.29, 1.82) is 0 Å². The number of carbonyl (C=O) groups excluding carboxylic acids is 1. The molecule has 1 atom stereocenters. The number of likely N-dealkylation sites (N-methyl/N-ethyl adjacent to an activating group) is 1. The summed E-state index contributed by atoms with van der Waals surface area (Å²) in [5.41, 5.74) is 0.945. The number of hydrogen-bond acceptors (Lipinski definition) is 3. The number of amides is 1. The van der Waals surface area contributed by atoms with E-state index in [1.165, 1.54) is 0 Å². The molecule has 0 heterocycles. The summed E-state index contributed by atoms with van der Waals surface area (Å²) in [5.74, 6) is 3.10. The largest absolute Gasteiger partial charge is 0.481 e. The average Bonchev–Trinajstić information content (AvgIpc) is 2.42. The molecule has 1 amide bonds. The van der Waals surface area contributed by atoms with Crippen LogP contribution in [0.4, 0.5) is 0 Å². The zero-order chi connectivity index (χ0) is 14.3. The standard InChI is InChI=1S/C14H17BrN2O2/c1-4-7-19-13-6-5-12(15)8-11(13)9-17-10(2)14(18)16-3/h1,5-6,8,10,17H,7,9H2,2-3H3,(H,16,18). The van der Waals surface area contributed by atoms with Crippen LogP contribution >= 0.6 is 15.9 Å². The molecule has 0 aromatic heterocycles. The van der Waals surface area contributed by atoms with Crippen molar-refractivity contribution in [2.75, 3.05) is 13.7 Å². The van der Waals surface area contributed by atoms with Crippen molar-refractivity contribution in [1.82, 2.24) is 10.6 Å². The van der Waals surface area contributed by atoms with Crippen LogP contribution in [-0.2, 0) is 11.3 Å². The summed E-state index contributed by atoms with van der Waals surface area (Å²) >= 11 is 3.41. The Morgan fingerprint density at radius 2 is 2.32 bits per heavy atom. The first-order chi connectivity index (χ1) is 9.08. The number of hydrogen-bond donors (Lipinski definition) is 2. The molecule has 1 aromatic carbocycles. The normalized spacial score (nSPS) is 11.5. The molecule has 5 heteroatoms. The molecule has 1 rings (SSSR count). The molecule has 0 spiro atoms. The lowest BCUT2D eigenvalue weighted by molar-refractivity contribution is -0.122. The van der Waals surface area contributed by atoms with E-state index >= 15 is 0 Å². The zero-order valence-corrected chi connectivity index (χ0v) is 12.6. The second kappa shape index (κ2) is 7.82. The molecule has 1 unspecified atom stereocenters. The first kappa shape index (κ1) is 15.5. The first-order valence-electron chi connectivity index (χ1n) is 5.88. The highest BCUT2D eigenvalue weighted by atomic mass is 79.9. The molecular weight excluding hydrogens is 308 g/mol. The number of ether oxygens (including phenoxy) is 1. The van der Waals surface area contributed by atoms with Gasteiger partial charge in [-0.2, -0.15) is 0 Å². The lowest BCUT2D eigenvalue weighted by Gasteiger charge is -2.15. The lowest BCUT2D eigenvalue weighted by Crippen LogP contribution is -2.40. The molecule has 0 bridgehead atoms. The van der Waals surface area contributed by atoms with E-state index in [1.807, 2.05) is 18.2 Å². The fourth-order valence-electron chi connectivity index (χ4n) is 1.52. The number of rotatable bonds is 6. The summed E-state index contributed by atoms with van der Waals surface area (Å²) in [7, 11) is 1.61. The number of benzene rings is 1. The van der Waals surface area contributed by atoms with Crippen LogP contribution in [0.5, 0.6) is 5.75 Å². The summed E-state index contributed by atoms with van der Waals surface area (Å²) in [6.45, 7) is 2.55. The molecule has 0 radical (unpaired) electrons. The second-order valence-corrected chi connectivity index (χ2v) is 4.88. The van der Waals surface area contributed by atoms with Crippen molar-refractivity contribution in [2.45, 2.75) is 19.5 Å². The Balaban J connectivity index is 2.73. The van der Waals surface area contributed by atoms with E-state index in [-0.39, 0.29) is 18.6 Å². The highest BCUT2D eigenvalue weighted by molar-refractivity contribution is 9.10. The van der Waals surface area contributed by atoms with E-state index in [9.17, 15) is 4.79 Å². The van der Waals surface area contributed by atoms with Crippen LogP contribution in [0.3, 0.4) is 0 Å². The second-order valence-electron chi connectivity index (χ2n) is 3.96. The Kier molecular flexibility index (Phi) is 6.40. The Bertz CT molecular complexity index is 483. The Morgan fingerprint density at radius 1 is 1.58 bits per heavy atom. The van der Waals surface area contributed by atoms with Crippen molar-refractivity contribution in [3.05, 3.63) is 28.2 Å². The average molecular weight is 325 g/mol. The third-order valence-corrected chi connectivity index (χ3v) is 3.07. The van der Waals surface area contributed by atoms with E-state index in [0.717, 1.165) is 15.8 Å². The number of nitrogens with one attached hydrogen (secondary N) is 2. The van der Waals surface area contributed by atoms with Crippen LogP contribution in [0.1, 0.15) is 12.5 Å². The van der Waals surface area contributed by atoms with Crippen LogP contribution in [-0.4, -0.2) is 25.6 Å². The molecule has 0 aliphatic rings. The van der Waals surface area contributed by atoms with Gasteiger partial charge in [-0.05, 0) is 25.1 Å². The van der Waals surface area contributed by atoms with Gasteiger partial charge in [0.25, 0.3) is 0 Å². The topological polar surface area (TPSA) is 50.4 Å². The van der Waals surface area contributed by atoms with E-state index in [1.54, 1.807) is 14.0 Å². The SMILES string of the molecule is C#CCOc1ccc(Br)cc1CNC(C)C(=O)NC. The van der Waals surface area contributed by atoms with Crippen LogP contribution in [0, 0.1) is 12.3 Å². The number of terminal acetylenes is 1. The highest BCUT2D eigenvalue weighted by Gasteiger charge is 2.11. The van der Waals surface area contributed by atoms with Crippen molar-refractivity contribution in [3.8, 4) is 18.1 Å². The van der Waals surface area contributed by atoms with E-state index in [2.05, 4.69) is 32.5 Å². The third-order valence-electron chi connectivity index (χ3n) is 2.57. The van der Waals surface area contributed by atoms with Gasteiger partial charge in [0.1, 0.15) is 12.4 Å². The van der Waals surface area contributed by atoms with Crippen molar-refractivity contribution in [3.63, 3.8) is 0 Å². The van der Waals surface area contributed by atoms with E-state index in [0.29, 0.717) is 6.54 Å². The van der Waals surface area contributed by atoms with Crippen LogP contribution in [0.2, 0.25) is 0 Å². The van der Waals surface area contributed by atoms with Gasteiger partial charge in [-0.15, -0.1) is 6.42 Å². The molecule has 102 valence electrons.